The molecule has 0 radical (unpaired) electrons. The molecular formula is C40H82N14O22. The molecule has 76 heavy (non-hydrogen) atoms. The van der Waals surface area contributed by atoms with E-state index in [0.717, 1.165) is 25.8 Å². The number of unbranched alkanes of at least 4 members (excludes halogenated alkanes) is 1. The smallest absolute Gasteiger partial charge is 0.331 e. The predicted molar refractivity (Wildman–Crippen MR) is 265 cm³/mol. The van der Waals surface area contributed by atoms with Crippen molar-refractivity contribution in [1.82, 2.24) is 5.32 Å². The Morgan fingerprint density at radius 2 is 0.908 bits per heavy atom. The van der Waals surface area contributed by atoms with Gasteiger partial charge in [-0.25, -0.2) is 9.59 Å². The summed E-state index contributed by atoms with van der Waals surface area (Å²) in [5, 5.41) is 59.3. The molecule has 444 valence electrons. The van der Waals surface area contributed by atoms with Gasteiger partial charge in [-0.05, 0) is 65.0 Å². The van der Waals surface area contributed by atoms with E-state index in [0.29, 0.717) is 19.4 Å². The number of hydrogen-bond acceptors (Lipinski definition) is 26. The van der Waals surface area contributed by atoms with E-state index in [4.69, 9.17) is 105 Å². The maximum atomic E-state index is 11.4. The van der Waals surface area contributed by atoms with Gasteiger partial charge in [-0.15, -0.1) is 0 Å². The first-order valence-electron chi connectivity index (χ1n) is 22.2. The number of carbonyl (C=O) groups is 13. The van der Waals surface area contributed by atoms with Gasteiger partial charge in [-0.1, -0.05) is 20.3 Å². The third kappa shape index (κ3) is 61.2. The van der Waals surface area contributed by atoms with Crippen LogP contribution in [0.25, 0.3) is 0 Å². The van der Waals surface area contributed by atoms with E-state index in [9.17, 15) is 62.3 Å². The first-order valence-corrected chi connectivity index (χ1v) is 22.2. The molecule has 36 nitrogen and oxygen atoms in total. The Balaban J connectivity index is -0.000000148. The van der Waals surface area contributed by atoms with Crippen LogP contribution >= 0.6 is 0 Å². The second-order valence-corrected chi connectivity index (χ2v) is 15.7. The summed E-state index contributed by atoms with van der Waals surface area (Å²) in [5.74, 6) is -11.6. The van der Waals surface area contributed by atoms with Crippen LogP contribution in [0.15, 0.2) is 0 Å². The van der Waals surface area contributed by atoms with Gasteiger partial charge in [0.2, 0.25) is 17.7 Å². The standard InChI is InChI=1S/C9H15N3O4.C7H13N3O5.C6H14N2O2.C5H10N2O3.C5H11NO2.2C3H7NO2.C2H5NO2/c10-5(4-7(11)13)8(14)16-9(15)6-2-1-3-12-6;8-3(1-5(10)11)7(14)15-2-4(9)6(12)13;7-4-2-1-3-5(8)6(9)10;6-3(5(9)10)1-2-4(7)8;1-3(2)4(6)5(7)8;2*1-2(4)3(5)6;3-1-2(4)5/h5-6,12H,1-4,10H2,(H2,11,13);3-4H,1-2,8-9H2,(H2,10,11)(H,12,13);5H,1-4,7-8H2,(H,9,10);3H,1-2,6H2,(H2,7,8)(H,9,10);3-4H,6H2,1-2H3,(H,7,8);2*2H,4H2,1H3,(H,5,6);1,3H2,(H,4,5)/t5-,6-;3-,4-;5-;3-;4-;2*2-;/m0000000./s1. The van der Waals surface area contributed by atoms with Crippen molar-refractivity contribution in [1.29, 1.82) is 0 Å². The Labute approximate surface area is 436 Å². The van der Waals surface area contributed by atoms with Crippen molar-refractivity contribution in [3.8, 4) is 0 Å². The van der Waals surface area contributed by atoms with Crippen molar-refractivity contribution >= 4 is 77.4 Å². The summed E-state index contributed by atoms with van der Waals surface area (Å²) in [6, 6.07) is -8.00. The summed E-state index contributed by atoms with van der Waals surface area (Å²) in [7, 11) is 0. The summed E-state index contributed by atoms with van der Waals surface area (Å²) < 4.78 is 8.97. The van der Waals surface area contributed by atoms with Crippen LogP contribution in [0.2, 0.25) is 0 Å². The number of aliphatic carboxylic acids is 7. The van der Waals surface area contributed by atoms with Gasteiger partial charge in [0, 0.05) is 6.42 Å². The molecule has 1 aliphatic heterocycles. The zero-order chi connectivity index (χ0) is 61.6. The molecule has 36 heteroatoms. The van der Waals surface area contributed by atoms with Crippen LogP contribution in [-0.4, -0.2) is 194 Å². The third-order valence-corrected chi connectivity index (χ3v) is 7.98. The maximum Gasteiger partial charge on any atom is 0.331 e. The minimum Gasteiger partial charge on any atom is -0.480 e. The van der Waals surface area contributed by atoms with E-state index in [1.165, 1.54) is 13.8 Å². The molecule has 1 fully saturated rings. The first kappa shape index (κ1) is 82.9. The molecule has 0 aliphatic carbocycles. The summed E-state index contributed by atoms with van der Waals surface area (Å²) in [6.45, 7) is 6.94. The van der Waals surface area contributed by atoms with Crippen LogP contribution < -0.4 is 79.9 Å². The lowest BCUT2D eigenvalue weighted by Gasteiger charge is -2.11. The molecule has 0 bridgehead atoms. The van der Waals surface area contributed by atoms with E-state index in [2.05, 4.69) is 20.5 Å². The topological polar surface area (TPSA) is 732 Å². The number of hydrogen-bond donors (Lipinski definition) is 21. The zero-order valence-corrected chi connectivity index (χ0v) is 42.7. The lowest BCUT2D eigenvalue weighted by Crippen LogP contribution is -2.41. The van der Waals surface area contributed by atoms with Gasteiger partial charge in [-0.2, -0.15) is 0 Å². The number of carbonyl (C=O) groups excluding carboxylic acids is 6. The predicted octanol–water partition coefficient (Wildman–Crippen LogP) is -8.73. The fourth-order valence-corrected chi connectivity index (χ4v) is 3.42. The summed E-state index contributed by atoms with van der Waals surface area (Å²) in [4.78, 5) is 133. The van der Waals surface area contributed by atoms with Gasteiger partial charge in [-0.3, -0.25) is 52.7 Å². The zero-order valence-electron chi connectivity index (χ0n) is 42.7. The number of ether oxygens (including phenoxy) is 2. The van der Waals surface area contributed by atoms with Crippen molar-refractivity contribution in [2.45, 2.75) is 140 Å². The van der Waals surface area contributed by atoms with Crippen LogP contribution in [0.1, 0.15) is 85.5 Å². The van der Waals surface area contributed by atoms with E-state index in [1.807, 2.05) is 0 Å². The van der Waals surface area contributed by atoms with Crippen LogP contribution in [-0.2, 0) is 71.8 Å². The number of esters is 3. The highest BCUT2D eigenvalue weighted by atomic mass is 16.6. The van der Waals surface area contributed by atoms with Crippen molar-refractivity contribution in [2.24, 2.45) is 80.5 Å². The maximum absolute atomic E-state index is 11.4. The highest BCUT2D eigenvalue weighted by Crippen LogP contribution is 2.07. The Morgan fingerprint density at radius 3 is 1.17 bits per heavy atom. The van der Waals surface area contributed by atoms with Crippen LogP contribution in [0, 0.1) is 5.92 Å². The summed E-state index contributed by atoms with van der Waals surface area (Å²) in [6.07, 6.45) is 3.10. The van der Waals surface area contributed by atoms with Crippen molar-refractivity contribution in [3.05, 3.63) is 0 Å². The second-order valence-electron chi connectivity index (χ2n) is 15.7. The molecule has 0 saturated carbocycles. The van der Waals surface area contributed by atoms with Crippen molar-refractivity contribution in [3.63, 3.8) is 0 Å². The molecule has 1 rings (SSSR count). The molecule has 0 aromatic heterocycles. The lowest BCUT2D eigenvalue weighted by atomic mass is 10.1. The Hall–Kier alpha value is -7.13. The number of carboxylic acid groups (broad SMARTS) is 7. The average molecular weight is 1110 g/mol. The minimum absolute atomic E-state index is 0.0208. The minimum atomic E-state index is -1.31. The molecule has 0 aromatic rings. The number of nitrogens with one attached hydrogen (secondary N) is 1. The summed E-state index contributed by atoms with van der Waals surface area (Å²) >= 11 is 0. The molecule has 1 saturated heterocycles. The molecule has 0 unspecified atom stereocenters. The van der Waals surface area contributed by atoms with Gasteiger partial charge in [0.15, 0.2) is 0 Å². The fraction of sp³-hybridized carbons (Fsp3) is 0.675. The molecule has 1 heterocycles. The average Bonchev–Trinajstić information content (AvgIpc) is 3.86. The molecular weight excluding hydrogens is 1030 g/mol. The fourth-order valence-electron chi connectivity index (χ4n) is 3.42. The number of amides is 3. The SMILES string of the molecule is CC(C)[C@H](N)C(=O)O.C[C@H](N)C(=O)O.C[C@H](N)C(=O)O.NC(=O)CC[C@H](N)C(=O)O.NC(=O)C[C@H](N)C(=O)OC(=O)[C@@H]1CCCN1.NC(=O)C[C@H](N)C(=O)OC[C@H](N)C(=O)O.NCC(=O)O.NCCCC[C@H](N)C(=O)O. The van der Waals surface area contributed by atoms with Gasteiger partial charge >= 0.3 is 59.7 Å². The van der Waals surface area contributed by atoms with Gasteiger partial charge in [0.1, 0.15) is 61.0 Å². The summed E-state index contributed by atoms with van der Waals surface area (Å²) in [5.41, 5.74) is 64.9. The molecule has 34 N–H and O–H groups in total. The highest BCUT2D eigenvalue weighted by molar-refractivity contribution is 5.93. The first-order chi connectivity index (χ1) is 34.7. The number of primary amides is 3. The van der Waals surface area contributed by atoms with E-state index >= 15 is 0 Å². The third-order valence-electron chi connectivity index (χ3n) is 7.98. The highest BCUT2D eigenvalue weighted by Gasteiger charge is 2.28. The molecule has 9 atom stereocenters. The van der Waals surface area contributed by atoms with E-state index in [-0.39, 0.29) is 38.1 Å². The monoisotopic (exact) mass is 1110 g/mol. The lowest BCUT2D eigenvalue weighted by molar-refractivity contribution is -0.162. The van der Waals surface area contributed by atoms with E-state index < -0.39 is 138 Å². The molecule has 1 aliphatic rings. The quantitative estimate of drug-likeness (QED) is 0.0242. The number of nitrogens with two attached hydrogens (primary N) is 13. The van der Waals surface area contributed by atoms with Gasteiger partial charge < -0.3 is 125 Å². The Kier molecular flexibility index (Phi) is 54.6. The molecule has 3 amide bonds. The van der Waals surface area contributed by atoms with Gasteiger partial charge in [0.25, 0.3) is 0 Å². The molecule has 0 spiro atoms. The van der Waals surface area contributed by atoms with E-state index in [1.54, 1.807) is 13.8 Å². The molecule has 0 aromatic carbocycles. The van der Waals surface area contributed by atoms with Crippen LogP contribution in [0.3, 0.4) is 0 Å². The largest absolute Gasteiger partial charge is 0.480 e. The van der Waals surface area contributed by atoms with Crippen LogP contribution in [0.4, 0.5) is 0 Å². The second kappa shape index (κ2) is 50.0. The number of rotatable bonds is 24. The van der Waals surface area contributed by atoms with Gasteiger partial charge in [0.05, 0.1) is 19.4 Å². The Morgan fingerprint density at radius 1 is 0.526 bits per heavy atom. The Bertz CT molecular complexity index is 1750. The number of carboxylic acids is 7. The van der Waals surface area contributed by atoms with Crippen molar-refractivity contribution in [2.75, 3.05) is 26.2 Å². The normalized spacial score (nSPS) is 14.8. The van der Waals surface area contributed by atoms with Crippen LogP contribution in [0.5, 0.6) is 0 Å². The van der Waals surface area contributed by atoms with Crippen molar-refractivity contribution < 1.29 is 108 Å².